The topological polar surface area (TPSA) is 49.2 Å². The van der Waals surface area contributed by atoms with Crippen molar-refractivity contribution in [3.63, 3.8) is 0 Å². The van der Waals surface area contributed by atoms with Gasteiger partial charge >= 0.3 is 0 Å². The first-order valence-electron chi connectivity index (χ1n) is 5.28. The maximum atomic E-state index is 9.37. The fourth-order valence-corrected chi connectivity index (χ4v) is 1.78. The summed E-state index contributed by atoms with van der Waals surface area (Å²) < 4.78 is 0. The van der Waals surface area contributed by atoms with E-state index in [0.717, 1.165) is 16.6 Å². The normalized spacial score (nSPS) is 12.7. The number of fused-ring (bicyclic) bond motifs is 1. The minimum Gasteiger partial charge on any atom is -0.392 e. The van der Waals surface area contributed by atoms with Crippen molar-refractivity contribution in [1.82, 2.24) is 10.2 Å². The second kappa shape index (κ2) is 4.45. The molecule has 0 saturated heterocycles. The van der Waals surface area contributed by atoms with Gasteiger partial charge in [-0.15, -0.1) is 5.10 Å². The third-order valence-electron chi connectivity index (χ3n) is 2.45. The fourth-order valence-electron chi connectivity index (χ4n) is 1.78. The van der Waals surface area contributed by atoms with Crippen LogP contribution in [-0.2, 0) is 0 Å². The number of aromatic nitrogens is 2. The number of hydrogen-bond acceptors (Lipinski definition) is 4. The molecule has 1 unspecified atom stereocenters. The molecule has 4 heteroatoms. The van der Waals surface area contributed by atoms with E-state index < -0.39 is 0 Å². The van der Waals surface area contributed by atoms with Crippen LogP contribution in [0.1, 0.15) is 6.92 Å². The van der Waals surface area contributed by atoms with Gasteiger partial charge in [0, 0.05) is 24.4 Å². The number of benzene rings is 1. The average Bonchev–Trinajstić information content (AvgIpc) is 2.27. The van der Waals surface area contributed by atoms with Gasteiger partial charge in [0.05, 0.1) is 12.3 Å². The lowest BCUT2D eigenvalue weighted by molar-refractivity contribution is 0.201. The minimum absolute atomic E-state index is 0.384. The molecule has 0 fully saturated rings. The van der Waals surface area contributed by atoms with Gasteiger partial charge in [-0.05, 0) is 6.92 Å². The first-order valence-corrected chi connectivity index (χ1v) is 5.28. The predicted molar refractivity (Wildman–Crippen MR) is 64.5 cm³/mol. The summed E-state index contributed by atoms with van der Waals surface area (Å²) in [7, 11) is 1.91. The second-order valence-corrected chi connectivity index (χ2v) is 3.98. The first kappa shape index (κ1) is 10.8. The zero-order valence-electron chi connectivity index (χ0n) is 9.46. The molecule has 1 aromatic carbocycles. The second-order valence-electron chi connectivity index (χ2n) is 3.98. The zero-order valence-corrected chi connectivity index (χ0v) is 9.46. The summed E-state index contributed by atoms with van der Waals surface area (Å²) in [5, 5.41) is 19.6. The number of likely N-dealkylation sites (N-methyl/N-ethyl adjacent to an activating group) is 1. The Morgan fingerprint density at radius 3 is 2.88 bits per heavy atom. The van der Waals surface area contributed by atoms with Crippen molar-refractivity contribution >= 4 is 16.6 Å². The molecule has 0 aliphatic rings. The number of aliphatic hydroxyl groups excluding tert-OH is 1. The average molecular weight is 217 g/mol. The third-order valence-corrected chi connectivity index (χ3v) is 2.45. The summed E-state index contributed by atoms with van der Waals surface area (Å²) in [6, 6.07) is 7.97. The van der Waals surface area contributed by atoms with Crippen LogP contribution in [0.25, 0.3) is 10.8 Å². The number of aliphatic hydroxyl groups is 1. The molecule has 2 rings (SSSR count). The Hall–Kier alpha value is -1.68. The highest BCUT2D eigenvalue weighted by molar-refractivity contribution is 5.91. The molecule has 2 aromatic rings. The van der Waals surface area contributed by atoms with Crippen LogP contribution in [0.4, 0.5) is 5.82 Å². The summed E-state index contributed by atoms with van der Waals surface area (Å²) in [4.78, 5) is 1.92. The van der Waals surface area contributed by atoms with Crippen LogP contribution in [0.2, 0.25) is 0 Å². The van der Waals surface area contributed by atoms with Crippen molar-refractivity contribution < 1.29 is 5.11 Å². The molecule has 0 bridgehead atoms. The molecule has 1 heterocycles. The molecule has 0 amide bonds. The van der Waals surface area contributed by atoms with Crippen molar-refractivity contribution in [3.8, 4) is 0 Å². The standard InChI is InChI=1S/C12H15N3O/c1-9(16)8-15(2)12-11-6-4-3-5-10(11)7-13-14-12/h3-7,9,16H,8H2,1-2H3. The highest BCUT2D eigenvalue weighted by Gasteiger charge is 2.09. The van der Waals surface area contributed by atoms with Crippen LogP contribution < -0.4 is 4.90 Å². The van der Waals surface area contributed by atoms with Crippen LogP contribution in [-0.4, -0.2) is 35.0 Å². The lowest BCUT2D eigenvalue weighted by atomic mass is 10.2. The smallest absolute Gasteiger partial charge is 0.158 e. The first-order chi connectivity index (χ1) is 7.68. The van der Waals surface area contributed by atoms with Gasteiger partial charge in [-0.3, -0.25) is 0 Å². The largest absolute Gasteiger partial charge is 0.392 e. The summed E-state index contributed by atoms with van der Waals surface area (Å²) in [5.41, 5.74) is 0. The molecule has 0 saturated carbocycles. The van der Waals surface area contributed by atoms with Crippen LogP contribution in [0.15, 0.2) is 30.5 Å². The Kier molecular flexibility index (Phi) is 3.01. The Bertz CT molecular complexity index is 479. The molecule has 16 heavy (non-hydrogen) atoms. The van der Waals surface area contributed by atoms with E-state index in [4.69, 9.17) is 0 Å². The van der Waals surface area contributed by atoms with Gasteiger partial charge < -0.3 is 10.0 Å². The Labute approximate surface area is 94.5 Å². The maximum absolute atomic E-state index is 9.37. The summed E-state index contributed by atoms with van der Waals surface area (Å²) >= 11 is 0. The third kappa shape index (κ3) is 2.12. The van der Waals surface area contributed by atoms with E-state index in [9.17, 15) is 5.11 Å². The van der Waals surface area contributed by atoms with Crippen molar-refractivity contribution in [3.05, 3.63) is 30.5 Å². The van der Waals surface area contributed by atoms with E-state index in [1.165, 1.54) is 0 Å². The van der Waals surface area contributed by atoms with Crippen molar-refractivity contribution in [2.45, 2.75) is 13.0 Å². The van der Waals surface area contributed by atoms with Gasteiger partial charge in [0.15, 0.2) is 5.82 Å². The summed E-state index contributed by atoms with van der Waals surface area (Å²) in [6.07, 6.45) is 1.36. The molecule has 84 valence electrons. The number of anilines is 1. The predicted octanol–water partition coefficient (Wildman–Crippen LogP) is 1.45. The van der Waals surface area contributed by atoms with Gasteiger partial charge in [0.25, 0.3) is 0 Å². The minimum atomic E-state index is -0.384. The highest BCUT2D eigenvalue weighted by Crippen LogP contribution is 2.21. The maximum Gasteiger partial charge on any atom is 0.158 e. The van der Waals surface area contributed by atoms with E-state index in [1.807, 2.05) is 36.2 Å². The van der Waals surface area contributed by atoms with Crippen molar-refractivity contribution in [2.24, 2.45) is 0 Å². The van der Waals surface area contributed by atoms with Crippen LogP contribution in [0, 0.1) is 0 Å². The summed E-state index contributed by atoms with van der Waals surface area (Å²) in [5.74, 6) is 0.805. The molecule has 0 radical (unpaired) electrons. The van der Waals surface area contributed by atoms with Crippen LogP contribution >= 0.6 is 0 Å². The molecule has 0 spiro atoms. The van der Waals surface area contributed by atoms with E-state index >= 15 is 0 Å². The molecule has 1 atom stereocenters. The molecular weight excluding hydrogens is 202 g/mol. The molecule has 0 aliphatic carbocycles. The lowest BCUT2D eigenvalue weighted by Gasteiger charge is -2.20. The Morgan fingerprint density at radius 1 is 1.38 bits per heavy atom. The van der Waals surface area contributed by atoms with Gasteiger partial charge in [-0.2, -0.15) is 5.10 Å². The highest BCUT2D eigenvalue weighted by atomic mass is 16.3. The van der Waals surface area contributed by atoms with Crippen LogP contribution in [0.5, 0.6) is 0 Å². The van der Waals surface area contributed by atoms with E-state index in [-0.39, 0.29) is 6.10 Å². The van der Waals surface area contributed by atoms with E-state index in [2.05, 4.69) is 10.2 Å². The number of nitrogens with zero attached hydrogens (tertiary/aromatic N) is 3. The van der Waals surface area contributed by atoms with Gasteiger partial charge in [0.1, 0.15) is 0 Å². The Balaban J connectivity index is 2.44. The molecule has 4 nitrogen and oxygen atoms in total. The van der Waals surface area contributed by atoms with E-state index in [1.54, 1.807) is 13.1 Å². The van der Waals surface area contributed by atoms with Crippen LogP contribution in [0.3, 0.4) is 0 Å². The fraction of sp³-hybridized carbons (Fsp3) is 0.333. The molecular formula is C12H15N3O. The SMILES string of the molecule is CC(O)CN(C)c1nncc2ccccc12. The number of hydrogen-bond donors (Lipinski definition) is 1. The molecule has 1 N–H and O–H groups in total. The van der Waals surface area contributed by atoms with E-state index in [0.29, 0.717) is 6.54 Å². The van der Waals surface area contributed by atoms with Crippen molar-refractivity contribution in [2.75, 3.05) is 18.5 Å². The molecule has 0 aliphatic heterocycles. The van der Waals surface area contributed by atoms with Crippen molar-refractivity contribution in [1.29, 1.82) is 0 Å². The monoisotopic (exact) mass is 217 g/mol. The van der Waals surface area contributed by atoms with Gasteiger partial charge in [-0.25, -0.2) is 0 Å². The Morgan fingerprint density at radius 2 is 2.12 bits per heavy atom. The number of rotatable bonds is 3. The van der Waals surface area contributed by atoms with Gasteiger partial charge in [-0.1, -0.05) is 24.3 Å². The quantitative estimate of drug-likeness (QED) is 0.845. The summed E-state index contributed by atoms with van der Waals surface area (Å²) in [6.45, 7) is 2.30. The van der Waals surface area contributed by atoms with Gasteiger partial charge in [0.2, 0.25) is 0 Å². The zero-order chi connectivity index (χ0) is 11.5. The lowest BCUT2D eigenvalue weighted by Crippen LogP contribution is -2.27. The molecule has 1 aromatic heterocycles.